The molecule has 0 fully saturated rings. The fraction of sp³-hybridized carbons (Fsp3) is 0.167. The number of benzene rings is 3. The van der Waals surface area contributed by atoms with Crippen molar-refractivity contribution < 1.29 is 9.53 Å². The number of amides is 2. The van der Waals surface area contributed by atoms with Gasteiger partial charge in [-0.25, -0.2) is 9.78 Å². The van der Waals surface area contributed by atoms with Gasteiger partial charge in [0.05, 0.1) is 5.69 Å². The lowest BCUT2D eigenvalue weighted by molar-refractivity contribution is 0.254. The molecule has 0 aliphatic rings. The number of anilines is 2. The van der Waals surface area contributed by atoms with Crippen molar-refractivity contribution in [1.82, 2.24) is 15.3 Å². The molecule has 0 aliphatic carbocycles. The van der Waals surface area contributed by atoms with Gasteiger partial charge in [0.1, 0.15) is 11.6 Å². The smallest absolute Gasteiger partial charge is 0.324 e. The molecule has 0 unspecified atom stereocenters. The second kappa shape index (κ2) is 15.5. The lowest BCUT2D eigenvalue weighted by Crippen LogP contribution is -2.32. The van der Waals surface area contributed by atoms with E-state index in [0.717, 1.165) is 21.4 Å². The molecule has 0 bridgehead atoms. The van der Waals surface area contributed by atoms with E-state index in [0.29, 0.717) is 34.0 Å². The van der Waals surface area contributed by atoms with Crippen LogP contribution in [0, 0.1) is 10.8 Å². The minimum Gasteiger partial charge on any atom is -0.438 e. The molecular formula is C36H39N6O2PS. The van der Waals surface area contributed by atoms with Gasteiger partial charge in [0.25, 0.3) is 0 Å². The lowest BCUT2D eigenvalue weighted by Gasteiger charge is -2.20. The van der Waals surface area contributed by atoms with E-state index in [1.807, 2.05) is 63.2 Å². The first-order valence-corrected chi connectivity index (χ1v) is 17.6. The molecule has 46 heavy (non-hydrogen) atoms. The van der Waals surface area contributed by atoms with Crippen molar-refractivity contribution in [2.45, 2.75) is 25.9 Å². The zero-order valence-electron chi connectivity index (χ0n) is 26.7. The molecule has 0 radical (unpaired) electrons. The molecule has 0 atom stereocenters. The Balaban J connectivity index is 1.56. The van der Waals surface area contributed by atoms with Crippen LogP contribution in [-0.2, 0) is 0 Å². The molecule has 10 heteroatoms. The zero-order chi connectivity index (χ0) is 33.3. The Bertz CT molecular complexity index is 1810. The molecule has 0 aliphatic heterocycles. The predicted octanol–water partition coefficient (Wildman–Crippen LogP) is 9.28. The Morgan fingerprint density at radius 2 is 1.70 bits per heavy atom. The van der Waals surface area contributed by atoms with E-state index in [4.69, 9.17) is 10.1 Å². The number of thioether (sulfide) groups is 1. The zero-order valence-corrected chi connectivity index (χ0v) is 28.4. The highest BCUT2D eigenvalue weighted by Crippen LogP contribution is 2.35. The Morgan fingerprint density at radius 1 is 0.978 bits per heavy atom. The van der Waals surface area contributed by atoms with Crippen LogP contribution < -0.4 is 26.0 Å². The number of carbonyl (C=O) groups excluding carboxylic acids is 1. The average molecular weight is 651 g/mol. The van der Waals surface area contributed by atoms with Crippen LogP contribution in [0.15, 0.2) is 126 Å². The van der Waals surface area contributed by atoms with E-state index in [1.54, 1.807) is 42.6 Å². The number of carbonyl (C=O) groups is 1. The summed E-state index contributed by atoms with van der Waals surface area (Å²) in [4.78, 5) is 23.1. The molecule has 4 rings (SSSR count). The van der Waals surface area contributed by atoms with Crippen molar-refractivity contribution in [3.63, 3.8) is 0 Å². The second-order valence-corrected chi connectivity index (χ2v) is 14.8. The summed E-state index contributed by atoms with van der Waals surface area (Å²) in [6, 6.07) is 20.6. The molecule has 2 amide bonds. The van der Waals surface area contributed by atoms with E-state index >= 15 is 0 Å². The van der Waals surface area contributed by atoms with Crippen LogP contribution in [0.5, 0.6) is 11.6 Å². The summed E-state index contributed by atoms with van der Waals surface area (Å²) in [6.45, 7) is 17.8. The molecule has 0 saturated heterocycles. The largest absolute Gasteiger partial charge is 0.438 e. The van der Waals surface area contributed by atoms with Crippen molar-refractivity contribution in [1.29, 1.82) is 5.41 Å². The van der Waals surface area contributed by atoms with Crippen LogP contribution in [0.2, 0.25) is 0 Å². The number of urea groups is 1. The molecule has 0 saturated carbocycles. The van der Waals surface area contributed by atoms with Crippen LogP contribution in [0.4, 0.5) is 16.2 Å². The lowest BCUT2D eigenvalue weighted by atomic mass is 9.90. The topological polar surface area (TPSA) is 112 Å². The van der Waals surface area contributed by atoms with Crippen LogP contribution in [0.25, 0.3) is 10.8 Å². The molecule has 8 nitrogen and oxygen atoms in total. The van der Waals surface area contributed by atoms with Crippen LogP contribution >= 0.6 is 19.7 Å². The standard InChI is InChI=1S/C36H39N6O2PS/c1-8-12-26(9-2)46-35-38-22-21-33(42-35)44-30-20-19-29(27-13-10-11-14-28(27)30)40-34(43)41-32(23-31(37)36(3,4)5)39-24-15-17-25(18-16-24)45(6)7/h8-23,37,39H,1-2H2,3-7H3,(H2,40,41,43)/b26-12+,32-23+,37-31?. The molecule has 1 aromatic heterocycles. The van der Waals surface area contributed by atoms with Gasteiger partial charge in [-0.3, -0.25) is 5.32 Å². The van der Waals surface area contributed by atoms with Gasteiger partial charge < -0.3 is 20.8 Å². The quantitative estimate of drug-likeness (QED) is 0.0400. The first kappa shape index (κ1) is 34.2. The van der Waals surface area contributed by atoms with Crippen molar-refractivity contribution in [2.75, 3.05) is 24.0 Å². The number of allylic oxidation sites excluding steroid dienone is 4. The van der Waals surface area contributed by atoms with Gasteiger partial charge in [-0.05, 0) is 60.7 Å². The highest BCUT2D eigenvalue weighted by molar-refractivity contribution is 8.03. The van der Waals surface area contributed by atoms with Gasteiger partial charge in [0.2, 0.25) is 5.88 Å². The summed E-state index contributed by atoms with van der Waals surface area (Å²) < 4.78 is 6.20. The summed E-state index contributed by atoms with van der Waals surface area (Å²) in [6.07, 6.45) is 8.52. The summed E-state index contributed by atoms with van der Waals surface area (Å²) in [5.74, 6) is 1.35. The number of hydrogen-bond donors (Lipinski definition) is 4. The summed E-state index contributed by atoms with van der Waals surface area (Å²) in [5, 5.41) is 21.1. The normalized spacial score (nSPS) is 12.0. The van der Waals surface area contributed by atoms with Gasteiger partial charge in [-0.15, -0.1) is 0 Å². The van der Waals surface area contributed by atoms with E-state index in [2.05, 4.69) is 64.5 Å². The number of nitrogens with one attached hydrogen (secondary N) is 4. The summed E-state index contributed by atoms with van der Waals surface area (Å²) in [7, 11) is -0.220. The maximum absolute atomic E-state index is 13.4. The molecule has 236 valence electrons. The maximum atomic E-state index is 13.4. The monoisotopic (exact) mass is 650 g/mol. The Kier molecular flexibility index (Phi) is 11.5. The third-order valence-electron chi connectivity index (χ3n) is 6.65. The maximum Gasteiger partial charge on any atom is 0.324 e. The molecule has 4 aromatic rings. The molecule has 4 N–H and O–H groups in total. The van der Waals surface area contributed by atoms with Crippen molar-refractivity contribution in [3.8, 4) is 11.6 Å². The Morgan fingerprint density at radius 3 is 2.35 bits per heavy atom. The van der Waals surface area contributed by atoms with Crippen LogP contribution in [-0.4, -0.2) is 35.0 Å². The minimum absolute atomic E-state index is 0.220. The first-order chi connectivity index (χ1) is 22.0. The summed E-state index contributed by atoms with van der Waals surface area (Å²) >= 11 is 1.36. The van der Waals surface area contributed by atoms with Crippen molar-refractivity contribution in [2.24, 2.45) is 5.41 Å². The number of nitrogens with zero attached hydrogens (tertiary/aromatic N) is 2. The SMILES string of the molecule is C=C/C=C(\C=C)Sc1nccc(Oc2ccc(NC(=O)N/C(=C/C(=N)C(C)(C)C)Nc3ccc(P(C)C)cc3)c3ccccc23)n1. The van der Waals surface area contributed by atoms with E-state index in [-0.39, 0.29) is 7.92 Å². The van der Waals surface area contributed by atoms with Gasteiger partial charge in [0.15, 0.2) is 5.16 Å². The number of fused-ring (bicyclic) bond motifs is 1. The second-order valence-electron chi connectivity index (χ2n) is 11.4. The Hall–Kier alpha value is -4.72. The highest BCUT2D eigenvalue weighted by Gasteiger charge is 2.18. The highest BCUT2D eigenvalue weighted by atomic mass is 32.2. The van der Waals surface area contributed by atoms with E-state index in [9.17, 15) is 4.79 Å². The van der Waals surface area contributed by atoms with Crippen LogP contribution in [0.3, 0.4) is 0 Å². The fourth-order valence-corrected chi connectivity index (χ4v) is 5.57. The van der Waals surface area contributed by atoms with Gasteiger partial charge in [-0.1, -0.05) is 90.4 Å². The van der Waals surface area contributed by atoms with E-state index in [1.165, 1.54) is 17.1 Å². The average Bonchev–Trinajstić information content (AvgIpc) is 3.02. The summed E-state index contributed by atoms with van der Waals surface area (Å²) in [5.41, 5.74) is 1.37. The number of ether oxygens (including phenoxy) is 1. The van der Waals surface area contributed by atoms with E-state index < -0.39 is 11.4 Å². The third-order valence-corrected chi connectivity index (χ3v) is 8.90. The first-order valence-electron chi connectivity index (χ1n) is 14.6. The van der Waals surface area contributed by atoms with Gasteiger partial charge in [-0.2, -0.15) is 4.98 Å². The van der Waals surface area contributed by atoms with Crippen LogP contribution in [0.1, 0.15) is 20.8 Å². The molecule has 0 spiro atoms. The minimum atomic E-state index is -0.454. The van der Waals surface area contributed by atoms with Gasteiger partial charge >= 0.3 is 6.03 Å². The fourth-order valence-electron chi connectivity index (χ4n) is 4.12. The number of hydrogen-bond acceptors (Lipinski definition) is 7. The van der Waals surface area contributed by atoms with Crippen molar-refractivity contribution in [3.05, 3.63) is 121 Å². The molecular weight excluding hydrogens is 611 g/mol. The van der Waals surface area contributed by atoms with Crippen molar-refractivity contribution >= 4 is 58.9 Å². The number of aromatic nitrogens is 2. The number of rotatable bonds is 12. The molecule has 3 aromatic carbocycles. The van der Waals surface area contributed by atoms with Gasteiger partial charge in [0, 0.05) is 50.8 Å². The predicted molar refractivity (Wildman–Crippen MR) is 196 cm³/mol. The Labute approximate surface area is 276 Å². The molecule has 1 heterocycles. The third kappa shape index (κ3) is 9.39.